The topological polar surface area (TPSA) is 374 Å². The first kappa shape index (κ1) is 55.5. The highest BCUT2D eigenvalue weighted by Gasteiger charge is 2.45. The molecule has 0 bridgehead atoms. The van der Waals surface area contributed by atoms with Crippen LogP contribution in [0.2, 0.25) is 5.28 Å². The van der Waals surface area contributed by atoms with Crippen LogP contribution in [0.15, 0.2) is 85.2 Å². The number of aromatic nitrogens is 8. The minimum atomic E-state index is -1.65. The zero-order valence-corrected chi connectivity index (χ0v) is 43.2. The zero-order valence-electron chi connectivity index (χ0n) is 42.4. The summed E-state index contributed by atoms with van der Waals surface area (Å²) in [7, 11) is 0. The number of H-pyrrole nitrogens is 2. The Morgan fingerprint density at radius 2 is 1.16 bits per heavy atom. The van der Waals surface area contributed by atoms with Gasteiger partial charge in [-0.25, -0.2) is 0 Å². The van der Waals surface area contributed by atoms with Gasteiger partial charge in [0.1, 0.15) is 71.5 Å². The van der Waals surface area contributed by atoms with E-state index in [1.165, 1.54) is 23.2 Å². The minimum absolute atomic E-state index is 0.00906. The Morgan fingerprint density at radius 3 is 1.79 bits per heavy atom. The SMILES string of the molecule is C[C@H]1O[C@@H](Oc2c[nH]c3ccc(Oc4nc(NCCc5ccc(Oc6nc(Cl)nc(OCCCCCCN7C(=O)C=CC7=O)n6)cc5)nc(Oc5ccc6[nH]cc(O[C@@H]7O[C@H](CO)[C@@H](O)[C@H](O)[C@H]7O)c6c5)n4)cc23)[C@H](O)[C@@H](O)[C@@H]1O. The van der Waals surface area contributed by atoms with Gasteiger partial charge in [-0.1, -0.05) is 18.6 Å². The van der Waals surface area contributed by atoms with E-state index >= 15 is 0 Å². The number of nitrogens with one attached hydrogen (secondary N) is 3. The number of rotatable bonds is 23. The van der Waals surface area contributed by atoms with Crippen LogP contribution in [0.3, 0.4) is 0 Å². The molecular formula is C52H55ClN10O17. The minimum Gasteiger partial charge on any atom is -0.463 e. The number of fused-ring (bicyclic) bond motifs is 2. The summed E-state index contributed by atoms with van der Waals surface area (Å²) in [6.07, 6.45) is -5.04. The van der Waals surface area contributed by atoms with Crippen molar-refractivity contribution >= 4 is 51.2 Å². The summed E-state index contributed by atoms with van der Waals surface area (Å²) >= 11 is 6.17. The fourth-order valence-corrected chi connectivity index (χ4v) is 8.97. The summed E-state index contributed by atoms with van der Waals surface area (Å²) in [5.74, 6) is 0.812. The summed E-state index contributed by atoms with van der Waals surface area (Å²) in [5.41, 5.74) is 2.11. The van der Waals surface area contributed by atoms with E-state index < -0.39 is 68.0 Å². The maximum Gasteiger partial charge on any atom is 0.330 e. The maximum absolute atomic E-state index is 11.7. The lowest BCUT2D eigenvalue weighted by molar-refractivity contribution is -0.277. The van der Waals surface area contributed by atoms with Crippen LogP contribution >= 0.6 is 11.6 Å². The largest absolute Gasteiger partial charge is 0.463 e. The van der Waals surface area contributed by atoms with Crippen LogP contribution in [0.4, 0.5) is 5.95 Å². The van der Waals surface area contributed by atoms with E-state index in [0.717, 1.165) is 18.4 Å². The second kappa shape index (κ2) is 24.7. The molecule has 0 spiro atoms. The van der Waals surface area contributed by atoms with E-state index in [9.17, 15) is 45.3 Å². The number of imide groups is 1. The van der Waals surface area contributed by atoms with E-state index in [1.807, 2.05) is 12.1 Å². The van der Waals surface area contributed by atoms with Gasteiger partial charge in [0.25, 0.3) is 11.8 Å². The lowest BCUT2D eigenvalue weighted by Crippen LogP contribution is -2.60. The van der Waals surface area contributed by atoms with E-state index in [1.54, 1.807) is 61.7 Å². The second-order valence-electron chi connectivity index (χ2n) is 18.8. The van der Waals surface area contributed by atoms with Gasteiger partial charge in [-0.05, 0) is 98.3 Å². The molecular weight excluding hydrogens is 1070 g/mol. The first-order valence-corrected chi connectivity index (χ1v) is 25.8. The molecule has 2 amide bonds. The summed E-state index contributed by atoms with van der Waals surface area (Å²) in [6.45, 7) is 1.88. The number of nitrogens with zero attached hydrogens (tertiary/aromatic N) is 7. The molecule has 2 fully saturated rings. The van der Waals surface area contributed by atoms with Crippen LogP contribution in [0.1, 0.15) is 38.2 Å². The Balaban J connectivity index is 0.805. The molecule has 10 rings (SSSR count). The second-order valence-corrected chi connectivity index (χ2v) is 19.1. The van der Waals surface area contributed by atoms with Crippen LogP contribution in [0.5, 0.6) is 52.8 Å². The highest BCUT2D eigenvalue weighted by molar-refractivity contribution is 6.28. The van der Waals surface area contributed by atoms with Gasteiger partial charge in [0.15, 0.2) is 0 Å². The van der Waals surface area contributed by atoms with Gasteiger partial charge in [0.2, 0.25) is 23.8 Å². The van der Waals surface area contributed by atoms with Crippen LogP contribution in [0, 0.1) is 0 Å². The Kier molecular flexibility index (Phi) is 17.1. The van der Waals surface area contributed by atoms with Crippen molar-refractivity contribution in [3.05, 3.63) is 96.1 Å². The molecule has 0 unspecified atom stereocenters. The number of aliphatic hydroxyl groups is 7. The van der Waals surface area contributed by atoms with Crippen molar-refractivity contribution in [3.8, 4) is 52.8 Å². The molecule has 7 heterocycles. The number of carbonyl (C=O) groups is 2. The number of aromatic amines is 2. The molecule has 0 saturated carbocycles. The van der Waals surface area contributed by atoms with E-state index in [2.05, 4.69) is 45.2 Å². The summed E-state index contributed by atoms with van der Waals surface area (Å²) in [5, 5.41) is 76.2. The monoisotopic (exact) mass is 1130 g/mol. The average Bonchev–Trinajstić information content (AvgIpc) is 4.31. The van der Waals surface area contributed by atoms with E-state index in [4.69, 9.17) is 49.5 Å². The third-order valence-electron chi connectivity index (χ3n) is 13.2. The normalized spacial score (nSPS) is 23.9. The Bertz CT molecular complexity index is 3310. The molecule has 10 atom stereocenters. The zero-order chi connectivity index (χ0) is 56.0. The molecule has 422 valence electrons. The van der Waals surface area contributed by atoms with Crippen LogP contribution in [-0.4, -0.2) is 180 Å². The Labute approximate surface area is 458 Å². The summed E-state index contributed by atoms with van der Waals surface area (Å²) in [4.78, 5) is 56.6. The molecule has 0 aliphatic carbocycles. The van der Waals surface area contributed by atoms with Crippen molar-refractivity contribution in [2.24, 2.45) is 0 Å². The van der Waals surface area contributed by atoms with Crippen LogP contribution in [0.25, 0.3) is 21.8 Å². The number of hydrogen-bond donors (Lipinski definition) is 10. The number of hydrogen-bond acceptors (Lipinski definition) is 24. The van der Waals surface area contributed by atoms with Gasteiger partial charge in [0, 0.05) is 59.4 Å². The Hall–Kier alpha value is -7.83. The molecule has 10 N–H and O–H groups in total. The van der Waals surface area contributed by atoms with Gasteiger partial charge < -0.3 is 88.9 Å². The fourth-order valence-electron chi connectivity index (χ4n) is 8.83. The number of aliphatic hydroxyl groups excluding tert-OH is 7. The van der Waals surface area contributed by atoms with Crippen LogP contribution in [-0.2, 0) is 25.5 Å². The third kappa shape index (κ3) is 12.9. The van der Waals surface area contributed by atoms with Crippen molar-refractivity contribution in [2.45, 2.75) is 100 Å². The number of unbranched alkanes of at least 4 members (excludes halogenated alkanes) is 3. The maximum atomic E-state index is 11.7. The van der Waals surface area contributed by atoms with Gasteiger partial charge in [-0.15, -0.1) is 9.97 Å². The predicted octanol–water partition coefficient (Wildman–Crippen LogP) is 2.95. The van der Waals surface area contributed by atoms with Gasteiger partial charge in [-0.2, -0.15) is 19.9 Å². The molecule has 3 aliphatic heterocycles. The number of halogens is 1. The lowest BCUT2D eigenvalue weighted by atomic mass is 9.99. The smallest absolute Gasteiger partial charge is 0.330 e. The molecule has 28 heteroatoms. The molecule has 4 aromatic heterocycles. The predicted molar refractivity (Wildman–Crippen MR) is 277 cm³/mol. The molecule has 0 radical (unpaired) electrons. The van der Waals surface area contributed by atoms with Crippen molar-refractivity contribution in [1.29, 1.82) is 0 Å². The first-order chi connectivity index (χ1) is 38.7. The molecule has 3 aliphatic rings. The third-order valence-corrected chi connectivity index (χ3v) is 13.4. The molecule has 2 saturated heterocycles. The van der Waals surface area contributed by atoms with Gasteiger partial charge >= 0.3 is 24.0 Å². The molecule has 80 heavy (non-hydrogen) atoms. The van der Waals surface area contributed by atoms with Gasteiger partial charge in [-0.3, -0.25) is 14.5 Å². The summed E-state index contributed by atoms with van der Waals surface area (Å²) in [6, 6.07) is 16.6. The average molecular weight is 1130 g/mol. The van der Waals surface area contributed by atoms with Crippen molar-refractivity contribution in [3.63, 3.8) is 0 Å². The van der Waals surface area contributed by atoms with Crippen molar-refractivity contribution in [1.82, 2.24) is 44.8 Å². The fraction of sp³-hybridized carbons (Fsp3) is 0.385. The van der Waals surface area contributed by atoms with E-state index in [0.29, 0.717) is 66.5 Å². The summed E-state index contributed by atoms with van der Waals surface area (Å²) < 4.78 is 47.1. The van der Waals surface area contributed by atoms with Crippen molar-refractivity contribution < 1.29 is 83.2 Å². The number of anilines is 1. The highest BCUT2D eigenvalue weighted by Crippen LogP contribution is 2.36. The quantitative estimate of drug-likeness (QED) is 0.0325. The van der Waals surface area contributed by atoms with Gasteiger partial charge in [0.05, 0.1) is 19.3 Å². The van der Waals surface area contributed by atoms with E-state index in [-0.39, 0.29) is 70.1 Å². The number of benzene rings is 3. The number of carbonyl (C=O) groups excluding carboxylic acids is 2. The van der Waals surface area contributed by atoms with Crippen molar-refractivity contribution in [2.75, 3.05) is 31.6 Å². The first-order valence-electron chi connectivity index (χ1n) is 25.4. The molecule has 7 aromatic rings. The number of ether oxygens (including phenoxy) is 8. The lowest BCUT2D eigenvalue weighted by Gasteiger charge is -2.39. The highest BCUT2D eigenvalue weighted by atomic mass is 35.5. The standard InChI is InChI=1S/C52H55ClN10O17/c1-25-39(67)41(69)43(71)45(74-25)78-34-22-55-32-12-10-28(20-30(32)34)76-51-59-48(60-52(62-51)77-29-11-13-33-31(21-29)35(23-56-33)79-46-44(72)42(70)40(68)36(24-64)80-46)54-17-16-26-6-8-27(9-7-26)75-50-58-47(53)57-49(61-50)73-19-5-3-2-4-18-63-37(65)14-15-38(63)66/h6-15,20-23,25,36,39-46,55-56,64,67-72H,2-5,16-19,24H2,1H3,(H,54,59,60,62)/t25-,36-,39-,40-,41+,42+,43-,44-,45+,46-/m1/s1. The molecule has 3 aromatic carbocycles. The van der Waals surface area contributed by atoms with Crippen LogP contribution < -0.4 is 33.7 Å². The Morgan fingerprint density at radius 1 is 0.625 bits per heavy atom. The number of amides is 2. The molecule has 27 nitrogen and oxygen atoms in total.